The lowest BCUT2D eigenvalue weighted by atomic mass is 10.0. The zero-order chi connectivity index (χ0) is 20.5. The molecule has 0 aliphatic carbocycles. The lowest BCUT2D eigenvalue weighted by molar-refractivity contribution is -0.333. The average Bonchev–Trinajstić information content (AvgIpc) is 2.67. The van der Waals surface area contributed by atoms with Gasteiger partial charge in [0.1, 0.15) is 6.10 Å². The second-order valence-electron chi connectivity index (χ2n) is 7.92. The summed E-state index contributed by atoms with van der Waals surface area (Å²) >= 11 is 0. The third-order valence-electron chi connectivity index (χ3n) is 5.41. The molecule has 5 heteroatoms. The van der Waals surface area contributed by atoms with Crippen molar-refractivity contribution in [3.63, 3.8) is 0 Å². The van der Waals surface area contributed by atoms with Crippen molar-refractivity contribution >= 4 is 5.97 Å². The van der Waals surface area contributed by atoms with E-state index in [2.05, 4.69) is 19.1 Å². The van der Waals surface area contributed by atoms with E-state index < -0.39 is 18.5 Å². The fraction of sp³-hybridized carbons (Fsp3) is 0.870. The molecule has 28 heavy (non-hydrogen) atoms. The topological polar surface area (TPSA) is 76.0 Å². The molecule has 0 aromatic rings. The lowest BCUT2D eigenvalue weighted by Crippen LogP contribution is -2.57. The molecule has 1 saturated heterocycles. The summed E-state index contributed by atoms with van der Waals surface area (Å²) < 4.78 is 10.5. The minimum Gasteiger partial charge on any atom is -0.430 e. The van der Waals surface area contributed by atoms with Gasteiger partial charge < -0.3 is 19.7 Å². The predicted octanol–water partition coefficient (Wildman–Crippen LogP) is 5.04. The first-order chi connectivity index (χ1) is 13.6. The van der Waals surface area contributed by atoms with E-state index in [1.165, 1.54) is 57.8 Å². The molecule has 1 fully saturated rings. The molecule has 1 rings (SSSR count). The zero-order valence-corrected chi connectivity index (χ0v) is 17.9. The number of esters is 1. The van der Waals surface area contributed by atoms with E-state index in [1.54, 1.807) is 0 Å². The van der Waals surface area contributed by atoms with E-state index >= 15 is 0 Å². The van der Waals surface area contributed by atoms with Crippen LogP contribution in [0.4, 0.5) is 0 Å². The highest BCUT2D eigenvalue weighted by molar-refractivity contribution is 5.69. The SMILES string of the molecule is CCCCCCCC/C=C\CCCCCCCC(=O)OC1(C(O)CO)CCO1. The molecule has 0 bridgehead atoms. The fourth-order valence-electron chi connectivity index (χ4n) is 3.44. The quantitative estimate of drug-likeness (QED) is 0.192. The standard InChI is InChI=1S/C23H42O5/c1-2-3-4-5-6-7-8-9-10-11-12-13-14-15-16-17-22(26)28-23(18-19-27-23)21(25)20-24/h9-10,21,24-25H,2-8,11-20H2,1H3/b10-9-. The number of unbranched alkanes of at least 4 members (excludes halogenated alkanes) is 11. The second-order valence-corrected chi connectivity index (χ2v) is 7.92. The van der Waals surface area contributed by atoms with Crippen molar-refractivity contribution in [3.05, 3.63) is 12.2 Å². The Morgan fingerprint density at radius 2 is 1.54 bits per heavy atom. The van der Waals surface area contributed by atoms with Crippen molar-refractivity contribution in [3.8, 4) is 0 Å². The number of aliphatic hydroxyl groups excluding tert-OH is 2. The first-order valence-corrected chi connectivity index (χ1v) is 11.4. The molecule has 1 aliphatic rings. The van der Waals surface area contributed by atoms with Crippen molar-refractivity contribution in [2.24, 2.45) is 0 Å². The van der Waals surface area contributed by atoms with E-state index in [0.29, 0.717) is 19.4 Å². The van der Waals surface area contributed by atoms with Crippen LogP contribution < -0.4 is 0 Å². The number of carbonyl (C=O) groups is 1. The van der Waals surface area contributed by atoms with E-state index in [4.69, 9.17) is 14.6 Å². The zero-order valence-electron chi connectivity index (χ0n) is 17.9. The maximum absolute atomic E-state index is 11.9. The van der Waals surface area contributed by atoms with Gasteiger partial charge in [-0.2, -0.15) is 0 Å². The Balaban J connectivity index is 1.90. The van der Waals surface area contributed by atoms with Gasteiger partial charge in [0, 0.05) is 12.8 Å². The monoisotopic (exact) mass is 398 g/mol. The van der Waals surface area contributed by atoms with Gasteiger partial charge in [-0.1, -0.05) is 70.4 Å². The van der Waals surface area contributed by atoms with Crippen molar-refractivity contribution in [1.82, 2.24) is 0 Å². The van der Waals surface area contributed by atoms with Crippen molar-refractivity contribution in [2.75, 3.05) is 13.2 Å². The molecule has 0 spiro atoms. The largest absolute Gasteiger partial charge is 0.430 e. The highest BCUT2D eigenvalue weighted by Crippen LogP contribution is 2.32. The van der Waals surface area contributed by atoms with Gasteiger partial charge in [0.15, 0.2) is 0 Å². The Morgan fingerprint density at radius 1 is 1.00 bits per heavy atom. The summed E-state index contributed by atoms with van der Waals surface area (Å²) in [6.45, 7) is 2.22. The van der Waals surface area contributed by atoms with Gasteiger partial charge in [-0.3, -0.25) is 4.79 Å². The van der Waals surface area contributed by atoms with E-state index in [1.807, 2.05) is 0 Å². The van der Waals surface area contributed by atoms with E-state index in [9.17, 15) is 9.90 Å². The number of allylic oxidation sites excluding steroid dienone is 2. The third-order valence-corrected chi connectivity index (χ3v) is 5.41. The Hall–Kier alpha value is -0.910. The van der Waals surface area contributed by atoms with Crippen LogP contribution in [0.2, 0.25) is 0 Å². The average molecular weight is 399 g/mol. The molecule has 0 amide bonds. The van der Waals surface area contributed by atoms with E-state index in [0.717, 1.165) is 25.7 Å². The molecule has 164 valence electrons. The number of carbonyl (C=O) groups excluding carboxylic acids is 1. The summed E-state index contributed by atoms with van der Waals surface area (Å²) in [6.07, 6.45) is 20.1. The highest BCUT2D eigenvalue weighted by Gasteiger charge is 2.48. The van der Waals surface area contributed by atoms with Crippen LogP contribution in [-0.4, -0.2) is 41.3 Å². The molecular weight excluding hydrogens is 356 g/mol. The number of ether oxygens (including phenoxy) is 2. The lowest BCUT2D eigenvalue weighted by Gasteiger charge is -2.43. The molecule has 2 atom stereocenters. The molecule has 1 heterocycles. The predicted molar refractivity (Wildman–Crippen MR) is 112 cm³/mol. The smallest absolute Gasteiger partial charge is 0.308 e. The first kappa shape index (κ1) is 25.1. The Kier molecular flexibility index (Phi) is 14.3. The molecule has 0 aromatic heterocycles. The Morgan fingerprint density at radius 3 is 2.04 bits per heavy atom. The van der Waals surface area contributed by atoms with Gasteiger partial charge in [0.05, 0.1) is 13.2 Å². The second kappa shape index (κ2) is 15.9. The molecule has 5 nitrogen and oxygen atoms in total. The molecule has 1 aliphatic heterocycles. The van der Waals surface area contributed by atoms with Crippen LogP contribution in [0, 0.1) is 0 Å². The van der Waals surface area contributed by atoms with Crippen LogP contribution in [0.5, 0.6) is 0 Å². The van der Waals surface area contributed by atoms with Crippen LogP contribution in [0.1, 0.15) is 103 Å². The summed E-state index contributed by atoms with van der Waals surface area (Å²) in [5.74, 6) is -1.67. The van der Waals surface area contributed by atoms with Crippen LogP contribution in [0.15, 0.2) is 12.2 Å². The van der Waals surface area contributed by atoms with Crippen LogP contribution >= 0.6 is 0 Å². The summed E-state index contributed by atoms with van der Waals surface area (Å²) in [5, 5.41) is 18.8. The number of hydrogen-bond donors (Lipinski definition) is 2. The molecule has 0 saturated carbocycles. The maximum Gasteiger partial charge on any atom is 0.308 e. The van der Waals surface area contributed by atoms with Gasteiger partial charge in [-0.15, -0.1) is 0 Å². The highest BCUT2D eigenvalue weighted by atomic mass is 16.7. The minimum atomic E-state index is -1.31. The molecule has 2 N–H and O–H groups in total. The molecular formula is C23H42O5. The number of aliphatic hydroxyl groups is 2. The van der Waals surface area contributed by atoms with Crippen LogP contribution in [0.3, 0.4) is 0 Å². The Labute approximate surface area is 171 Å². The Bertz CT molecular complexity index is 417. The minimum absolute atomic E-state index is 0.335. The van der Waals surface area contributed by atoms with Crippen molar-refractivity contribution < 1.29 is 24.5 Å². The van der Waals surface area contributed by atoms with Gasteiger partial charge in [-0.25, -0.2) is 0 Å². The van der Waals surface area contributed by atoms with Crippen LogP contribution in [0.25, 0.3) is 0 Å². The first-order valence-electron chi connectivity index (χ1n) is 11.4. The summed E-state index contributed by atoms with van der Waals surface area (Å²) in [5.41, 5.74) is 0. The van der Waals surface area contributed by atoms with Crippen molar-refractivity contribution in [1.29, 1.82) is 0 Å². The van der Waals surface area contributed by atoms with Gasteiger partial charge >= 0.3 is 5.97 Å². The van der Waals surface area contributed by atoms with Gasteiger partial charge in [0.25, 0.3) is 0 Å². The van der Waals surface area contributed by atoms with Crippen LogP contribution in [-0.2, 0) is 14.3 Å². The van der Waals surface area contributed by atoms with Crippen molar-refractivity contribution in [2.45, 2.75) is 115 Å². The van der Waals surface area contributed by atoms with Gasteiger partial charge in [-0.05, 0) is 32.1 Å². The molecule has 0 radical (unpaired) electrons. The van der Waals surface area contributed by atoms with E-state index in [-0.39, 0.29) is 5.97 Å². The molecule has 2 unspecified atom stereocenters. The number of rotatable bonds is 18. The third kappa shape index (κ3) is 10.6. The van der Waals surface area contributed by atoms with Gasteiger partial charge in [0.2, 0.25) is 5.79 Å². The number of hydrogen-bond acceptors (Lipinski definition) is 5. The molecule has 0 aromatic carbocycles. The normalized spacial score (nSPS) is 20.2. The maximum atomic E-state index is 11.9. The summed E-state index contributed by atoms with van der Waals surface area (Å²) in [6, 6.07) is 0. The summed E-state index contributed by atoms with van der Waals surface area (Å²) in [4.78, 5) is 11.9. The summed E-state index contributed by atoms with van der Waals surface area (Å²) in [7, 11) is 0. The fourth-order valence-corrected chi connectivity index (χ4v) is 3.44.